The molecule has 1 aromatic carbocycles. The van der Waals surface area contributed by atoms with Crippen LogP contribution < -0.4 is 11.1 Å². The highest BCUT2D eigenvalue weighted by Gasteiger charge is 2.31. The molecule has 0 aliphatic heterocycles. The lowest BCUT2D eigenvalue weighted by Gasteiger charge is -2.15. The molecule has 0 aromatic heterocycles. The molecule has 0 saturated heterocycles. The van der Waals surface area contributed by atoms with Gasteiger partial charge in [-0.1, -0.05) is 30.3 Å². The number of hydrogen-bond acceptors (Lipinski definition) is 3. The standard InChI is InChI=1S/C14H20N2O2/c15-8-13(12-6-7-12)16-14(17)10-18-9-11-4-2-1-3-5-11/h1-5,12-13H,6-10,15H2,(H,16,17). The molecule has 1 saturated carbocycles. The van der Waals surface area contributed by atoms with Crippen molar-refractivity contribution in [2.24, 2.45) is 11.7 Å². The van der Waals surface area contributed by atoms with Gasteiger partial charge in [-0.05, 0) is 24.3 Å². The minimum absolute atomic E-state index is 0.0757. The van der Waals surface area contributed by atoms with Gasteiger partial charge in [0.05, 0.1) is 6.61 Å². The number of ether oxygens (including phenoxy) is 1. The second-order valence-corrected chi connectivity index (χ2v) is 4.73. The maximum Gasteiger partial charge on any atom is 0.246 e. The van der Waals surface area contributed by atoms with Crippen LogP contribution >= 0.6 is 0 Å². The molecule has 1 atom stereocenters. The SMILES string of the molecule is NCC(NC(=O)COCc1ccccc1)C1CC1. The third-order valence-electron chi connectivity index (χ3n) is 3.14. The maximum atomic E-state index is 11.6. The highest BCUT2D eigenvalue weighted by molar-refractivity contribution is 5.77. The van der Waals surface area contributed by atoms with Gasteiger partial charge >= 0.3 is 0 Å². The fourth-order valence-electron chi connectivity index (χ4n) is 1.95. The summed E-state index contributed by atoms with van der Waals surface area (Å²) in [4.78, 5) is 11.6. The first kappa shape index (κ1) is 13.1. The lowest BCUT2D eigenvalue weighted by Crippen LogP contribution is -2.43. The van der Waals surface area contributed by atoms with Crippen molar-refractivity contribution in [3.05, 3.63) is 35.9 Å². The summed E-state index contributed by atoms with van der Waals surface area (Å²) in [7, 11) is 0. The van der Waals surface area contributed by atoms with E-state index in [2.05, 4.69) is 5.32 Å². The number of amides is 1. The van der Waals surface area contributed by atoms with Gasteiger partial charge in [0.15, 0.2) is 0 Å². The summed E-state index contributed by atoms with van der Waals surface area (Å²) in [5.41, 5.74) is 6.70. The molecule has 1 aliphatic rings. The van der Waals surface area contributed by atoms with E-state index in [1.807, 2.05) is 30.3 Å². The predicted octanol–water partition coefficient (Wildman–Crippen LogP) is 1.06. The smallest absolute Gasteiger partial charge is 0.246 e. The van der Waals surface area contributed by atoms with E-state index < -0.39 is 0 Å². The average molecular weight is 248 g/mol. The molecule has 2 rings (SSSR count). The van der Waals surface area contributed by atoms with Crippen molar-refractivity contribution in [3.8, 4) is 0 Å². The summed E-state index contributed by atoms with van der Waals surface area (Å²) < 4.78 is 5.37. The fourth-order valence-corrected chi connectivity index (χ4v) is 1.95. The molecular formula is C14H20N2O2. The second-order valence-electron chi connectivity index (χ2n) is 4.73. The van der Waals surface area contributed by atoms with Crippen molar-refractivity contribution < 1.29 is 9.53 Å². The first-order valence-electron chi connectivity index (χ1n) is 6.40. The number of nitrogens with two attached hydrogens (primary N) is 1. The Morgan fingerprint density at radius 3 is 2.72 bits per heavy atom. The van der Waals surface area contributed by atoms with E-state index in [9.17, 15) is 4.79 Å². The van der Waals surface area contributed by atoms with Crippen molar-refractivity contribution >= 4 is 5.91 Å². The first-order chi connectivity index (χ1) is 8.79. The van der Waals surface area contributed by atoms with Gasteiger partial charge in [0.1, 0.15) is 6.61 Å². The average Bonchev–Trinajstić information content (AvgIpc) is 3.21. The van der Waals surface area contributed by atoms with Crippen LogP contribution in [0.4, 0.5) is 0 Å². The first-order valence-corrected chi connectivity index (χ1v) is 6.40. The topological polar surface area (TPSA) is 64.3 Å². The number of rotatable bonds is 7. The summed E-state index contributed by atoms with van der Waals surface area (Å²) in [6, 6.07) is 9.94. The number of nitrogens with one attached hydrogen (secondary N) is 1. The summed E-state index contributed by atoms with van der Waals surface area (Å²) >= 11 is 0. The van der Waals surface area contributed by atoms with Crippen molar-refractivity contribution in [2.45, 2.75) is 25.5 Å². The molecule has 0 spiro atoms. The number of benzene rings is 1. The monoisotopic (exact) mass is 248 g/mol. The summed E-state index contributed by atoms with van der Waals surface area (Å²) in [5.74, 6) is 0.501. The fraction of sp³-hybridized carbons (Fsp3) is 0.500. The third kappa shape index (κ3) is 4.13. The van der Waals surface area contributed by atoms with Crippen molar-refractivity contribution in [1.82, 2.24) is 5.32 Å². The van der Waals surface area contributed by atoms with Crippen LogP contribution in [0.2, 0.25) is 0 Å². The van der Waals surface area contributed by atoms with Gasteiger partial charge in [-0.3, -0.25) is 4.79 Å². The van der Waals surface area contributed by atoms with E-state index in [4.69, 9.17) is 10.5 Å². The molecule has 98 valence electrons. The Morgan fingerprint density at radius 2 is 2.11 bits per heavy atom. The molecular weight excluding hydrogens is 228 g/mol. The third-order valence-corrected chi connectivity index (χ3v) is 3.14. The summed E-state index contributed by atoms with van der Waals surface area (Å²) in [5, 5.41) is 2.93. The molecule has 1 fully saturated rings. The van der Waals surface area contributed by atoms with E-state index in [1.54, 1.807) is 0 Å². The number of carbonyl (C=O) groups is 1. The molecule has 1 aromatic rings. The molecule has 0 radical (unpaired) electrons. The summed E-state index contributed by atoms with van der Waals surface area (Å²) in [6.45, 7) is 1.07. The highest BCUT2D eigenvalue weighted by Crippen LogP contribution is 2.32. The molecule has 1 aliphatic carbocycles. The van der Waals surface area contributed by atoms with E-state index >= 15 is 0 Å². The molecule has 4 heteroatoms. The van der Waals surface area contributed by atoms with Crippen LogP contribution in [-0.2, 0) is 16.1 Å². The zero-order valence-electron chi connectivity index (χ0n) is 10.5. The largest absolute Gasteiger partial charge is 0.367 e. The van der Waals surface area contributed by atoms with Gasteiger partial charge in [0.2, 0.25) is 5.91 Å². The Morgan fingerprint density at radius 1 is 1.39 bits per heavy atom. The highest BCUT2D eigenvalue weighted by atomic mass is 16.5. The van der Waals surface area contributed by atoms with Crippen molar-refractivity contribution in [1.29, 1.82) is 0 Å². The summed E-state index contributed by atoms with van der Waals surface area (Å²) in [6.07, 6.45) is 2.35. The van der Waals surface area contributed by atoms with E-state index in [0.29, 0.717) is 19.1 Å². The van der Waals surface area contributed by atoms with Crippen LogP contribution in [0.3, 0.4) is 0 Å². The molecule has 18 heavy (non-hydrogen) atoms. The van der Waals surface area contributed by atoms with Crippen molar-refractivity contribution in [3.63, 3.8) is 0 Å². The second kappa shape index (κ2) is 6.52. The Bertz CT molecular complexity index is 377. The molecule has 3 N–H and O–H groups in total. The zero-order chi connectivity index (χ0) is 12.8. The van der Waals surface area contributed by atoms with Crippen LogP contribution in [0.1, 0.15) is 18.4 Å². The van der Waals surface area contributed by atoms with Gasteiger partial charge in [0, 0.05) is 12.6 Å². The van der Waals surface area contributed by atoms with Gasteiger partial charge in [-0.15, -0.1) is 0 Å². The van der Waals surface area contributed by atoms with Crippen LogP contribution in [0.15, 0.2) is 30.3 Å². The maximum absolute atomic E-state index is 11.6. The molecule has 0 heterocycles. The van der Waals surface area contributed by atoms with Gasteiger partial charge < -0.3 is 15.8 Å². The van der Waals surface area contributed by atoms with E-state index in [-0.39, 0.29) is 18.6 Å². The molecule has 1 unspecified atom stereocenters. The normalized spacial score (nSPS) is 16.3. The Labute approximate surface area is 108 Å². The van der Waals surface area contributed by atoms with Gasteiger partial charge in [-0.25, -0.2) is 0 Å². The Kier molecular flexibility index (Phi) is 4.73. The van der Waals surface area contributed by atoms with E-state index in [1.165, 1.54) is 12.8 Å². The van der Waals surface area contributed by atoms with Crippen LogP contribution in [-0.4, -0.2) is 25.1 Å². The molecule has 4 nitrogen and oxygen atoms in total. The lowest BCUT2D eigenvalue weighted by atomic mass is 10.2. The quantitative estimate of drug-likeness (QED) is 0.758. The van der Waals surface area contributed by atoms with Gasteiger partial charge in [-0.2, -0.15) is 0 Å². The zero-order valence-corrected chi connectivity index (χ0v) is 10.5. The molecule has 0 bridgehead atoms. The lowest BCUT2D eigenvalue weighted by molar-refractivity contribution is -0.126. The minimum Gasteiger partial charge on any atom is -0.367 e. The molecule has 1 amide bonds. The minimum atomic E-state index is -0.0757. The van der Waals surface area contributed by atoms with E-state index in [0.717, 1.165) is 5.56 Å². The van der Waals surface area contributed by atoms with Crippen LogP contribution in [0, 0.1) is 5.92 Å². The van der Waals surface area contributed by atoms with Gasteiger partial charge in [0.25, 0.3) is 0 Å². The number of hydrogen-bond donors (Lipinski definition) is 2. The van der Waals surface area contributed by atoms with Crippen molar-refractivity contribution in [2.75, 3.05) is 13.2 Å². The Balaban J connectivity index is 1.65. The van der Waals surface area contributed by atoms with Crippen LogP contribution in [0.25, 0.3) is 0 Å². The Hall–Kier alpha value is -1.39. The number of carbonyl (C=O) groups excluding carboxylic acids is 1. The van der Waals surface area contributed by atoms with Crippen LogP contribution in [0.5, 0.6) is 0 Å². The predicted molar refractivity (Wildman–Crippen MR) is 69.8 cm³/mol.